The summed E-state index contributed by atoms with van der Waals surface area (Å²) in [5.74, 6) is 0. The predicted molar refractivity (Wildman–Crippen MR) is 112 cm³/mol. The Bertz CT molecular complexity index is 891. The third kappa shape index (κ3) is 3.90. The van der Waals surface area contributed by atoms with Crippen LogP contribution in [0.3, 0.4) is 0 Å². The summed E-state index contributed by atoms with van der Waals surface area (Å²) in [5.41, 5.74) is 7.53. The minimum absolute atomic E-state index is 0. The van der Waals surface area contributed by atoms with Crippen LogP contribution >= 0.6 is 0 Å². The quantitative estimate of drug-likeness (QED) is 0.240. The summed E-state index contributed by atoms with van der Waals surface area (Å²) < 4.78 is 0. The summed E-state index contributed by atoms with van der Waals surface area (Å²) in [4.78, 5) is 0. The molecule has 4 aromatic rings. The molecule has 137 valence electrons. The SMILES string of the molecule is CCc1c(C)c(C)[c-](C)c1C.[Co].c1ccc2cc3ccccc3cc2c1. The molecule has 0 saturated carbocycles. The molecule has 0 aliphatic rings. The zero-order chi connectivity index (χ0) is 18.0. The minimum Gasteiger partial charge on any atom is -0.195 e. The van der Waals surface area contributed by atoms with Crippen LogP contribution in [0.4, 0.5) is 0 Å². The first-order valence-electron chi connectivity index (χ1n) is 9.12. The summed E-state index contributed by atoms with van der Waals surface area (Å²) in [6.45, 7) is 11.1. The topological polar surface area (TPSA) is 0 Å². The largest absolute Gasteiger partial charge is 0.195 e. The van der Waals surface area contributed by atoms with Gasteiger partial charge in [-0.25, -0.2) is 0 Å². The van der Waals surface area contributed by atoms with E-state index in [4.69, 9.17) is 0 Å². The summed E-state index contributed by atoms with van der Waals surface area (Å²) in [6, 6.07) is 21.4. The molecule has 0 fully saturated rings. The Morgan fingerprint density at radius 1 is 0.692 bits per heavy atom. The predicted octanol–water partition coefficient (Wildman–Crippen LogP) is 7.19. The Balaban J connectivity index is 0.000000186. The Kier molecular flexibility index (Phi) is 6.74. The molecule has 4 rings (SSSR count). The molecule has 4 aromatic carbocycles. The van der Waals surface area contributed by atoms with Gasteiger partial charge >= 0.3 is 0 Å². The fraction of sp³-hybridized carbons (Fsp3) is 0.240. The van der Waals surface area contributed by atoms with Crippen molar-refractivity contribution in [3.8, 4) is 0 Å². The van der Waals surface area contributed by atoms with Crippen LogP contribution in [0.2, 0.25) is 0 Å². The zero-order valence-electron chi connectivity index (χ0n) is 16.3. The fourth-order valence-corrected chi connectivity index (χ4v) is 3.71. The van der Waals surface area contributed by atoms with Gasteiger partial charge in [-0.3, -0.25) is 0 Å². The summed E-state index contributed by atoms with van der Waals surface area (Å²) in [5, 5.41) is 5.25. The van der Waals surface area contributed by atoms with Crippen molar-refractivity contribution < 1.29 is 16.8 Å². The molecule has 0 atom stereocenters. The number of fused-ring (bicyclic) bond motifs is 2. The fourth-order valence-electron chi connectivity index (χ4n) is 3.71. The molecule has 0 spiro atoms. The minimum atomic E-state index is 0. The van der Waals surface area contributed by atoms with Gasteiger partial charge in [0.2, 0.25) is 0 Å². The van der Waals surface area contributed by atoms with Crippen LogP contribution in [0.1, 0.15) is 34.7 Å². The average molecular weight is 386 g/mol. The van der Waals surface area contributed by atoms with E-state index in [1.807, 2.05) is 0 Å². The molecule has 0 amide bonds. The van der Waals surface area contributed by atoms with Gasteiger partial charge in [0.25, 0.3) is 0 Å². The third-order valence-electron chi connectivity index (χ3n) is 5.56. The molecule has 0 heterocycles. The van der Waals surface area contributed by atoms with Crippen molar-refractivity contribution in [2.45, 2.75) is 41.0 Å². The molecule has 0 nitrogen and oxygen atoms in total. The number of rotatable bonds is 1. The van der Waals surface area contributed by atoms with E-state index in [-0.39, 0.29) is 16.8 Å². The second-order valence-corrected chi connectivity index (χ2v) is 6.88. The normalized spacial score (nSPS) is 10.3. The van der Waals surface area contributed by atoms with Gasteiger partial charge < -0.3 is 0 Å². The Morgan fingerprint density at radius 3 is 1.31 bits per heavy atom. The van der Waals surface area contributed by atoms with E-state index in [2.05, 4.69) is 95.3 Å². The van der Waals surface area contributed by atoms with E-state index >= 15 is 0 Å². The van der Waals surface area contributed by atoms with Crippen molar-refractivity contribution >= 4 is 21.5 Å². The van der Waals surface area contributed by atoms with Gasteiger partial charge in [0.05, 0.1) is 0 Å². The maximum Gasteiger partial charge on any atom is 0 e. The van der Waals surface area contributed by atoms with E-state index < -0.39 is 0 Å². The van der Waals surface area contributed by atoms with Gasteiger partial charge in [0.15, 0.2) is 0 Å². The zero-order valence-corrected chi connectivity index (χ0v) is 17.4. The van der Waals surface area contributed by atoms with Crippen molar-refractivity contribution in [1.29, 1.82) is 0 Å². The van der Waals surface area contributed by atoms with Crippen LogP contribution in [0, 0.1) is 27.7 Å². The van der Waals surface area contributed by atoms with Gasteiger partial charge in [-0.1, -0.05) is 89.6 Å². The molecule has 26 heavy (non-hydrogen) atoms. The van der Waals surface area contributed by atoms with Crippen molar-refractivity contribution in [1.82, 2.24) is 0 Å². The molecular weight excluding hydrogens is 359 g/mol. The Labute approximate surface area is 167 Å². The van der Waals surface area contributed by atoms with E-state index in [1.54, 1.807) is 5.56 Å². The second kappa shape index (κ2) is 8.61. The number of benzene rings is 3. The number of hydrogen-bond donors (Lipinski definition) is 0. The summed E-state index contributed by atoms with van der Waals surface area (Å²) >= 11 is 0. The monoisotopic (exact) mass is 386 g/mol. The maximum absolute atomic E-state index is 2.24. The average Bonchev–Trinajstić information content (AvgIpc) is 2.83. The van der Waals surface area contributed by atoms with Crippen molar-refractivity contribution in [2.24, 2.45) is 0 Å². The molecule has 0 aromatic heterocycles. The molecule has 0 aliphatic heterocycles. The van der Waals surface area contributed by atoms with E-state index in [9.17, 15) is 0 Å². The summed E-state index contributed by atoms with van der Waals surface area (Å²) in [6.07, 6.45) is 1.17. The third-order valence-corrected chi connectivity index (χ3v) is 5.56. The van der Waals surface area contributed by atoms with Crippen molar-refractivity contribution in [3.63, 3.8) is 0 Å². The number of hydrogen-bond acceptors (Lipinski definition) is 0. The van der Waals surface area contributed by atoms with E-state index in [1.165, 1.54) is 50.2 Å². The van der Waals surface area contributed by atoms with Gasteiger partial charge in [0.1, 0.15) is 0 Å². The van der Waals surface area contributed by atoms with Gasteiger partial charge in [-0.15, -0.1) is 0 Å². The first kappa shape index (κ1) is 20.3. The second-order valence-electron chi connectivity index (χ2n) is 6.88. The van der Waals surface area contributed by atoms with Crippen LogP contribution in [-0.4, -0.2) is 0 Å². The molecular formula is C25H27Co-. The van der Waals surface area contributed by atoms with Crippen molar-refractivity contribution in [2.75, 3.05) is 0 Å². The van der Waals surface area contributed by atoms with Gasteiger partial charge in [0, 0.05) is 16.8 Å². The Morgan fingerprint density at radius 2 is 1.08 bits per heavy atom. The van der Waals surface area contributed by atoms with Gasteiger partial charge in [-0.05, 0) is 33.7 Å². The molecule has 0 aliphatic carbocycles. The first-order chi connectivity index (χ1) is 12.0. The smallest absolute Gasteiger partial charge is 0 e. The van der Waals surface area contributed by atoms with Crippen LogP contribution in [0.15, 0.2) is 60.7 Å². The van der Waals surface area contributed by atoms with Crippen LogP contribution in [0.25, 0.3) is 21.5 Å². The molecule has 1 heteroatoms. The first-order valence-corrected chi connectivity index (χ1v) is 9.12. The van der Waals surface area contributed by atoms with Gasteiger partial charge in [-0.2, -0.15) is 27.8 Å². The van der Waals surface area contributed by atoms with E-state index in [0.29, 0.717) is 0 Å². The van der Waals surface area contributed by atoms with E-state index in [0.717, 1.165) is 0 Å². The standard InChI is InChI=1S/C14H10.C11H17.Co/c1-2-6-12-10-14-8-4-3-7-13(14)9-11(12)5-1;1-6-11-9(4)7(2)8(3)10(11)5;/h1-10H;6H2,1-5H3;/q;-1;. The summed E-state index contributed by atoms with van der Waals surface area (Å²) in [7, 11) is 0. The molecule has 0 saturated heterocycles. The molecule has 0 N–H and O–H groups in total. The molecule has 0 unspecified atom stereocenters. The Hall–Kier alpha value is -1.96. The molecule has 1 radical (unpaired) electrons. The van der Waals surface area contributed by atoms with Crippen LogP contribution < -0.4 is 0 Å². The molecule has 0 bridgehead atoms. The maximum atomic E-state index is 2.24. The van der Waals surface area contributed by atoms with Crippen molar-refractivity contribution in [3.05, 3.63) is 88.5 Å². The van der Waals surface area contributed by atoms with Crippen LogP contribution in [0.5, 0.6) is 0 Å². The van der Waals surface area contributed by atoms with Crippen LogP contribution in [-0.2, 0) is 23.2 Å².